The molecule has 21 heavy (non-hydrogen) atoms. The number of alkyl halides is 2. The monoisotopic (exact) mass is 320 g/mol. The smallest absolute Gasteiger partial charge is 0.273 e. The molecule has 0 unspecified atom stereocenters. The van der Waals surface area contributed by atoms with Gasteiger partial charge in [0, 0.05) is 0 Å². The van der Waals surface area contributed by atoms with E-state index in [9.17, 15) is 17.2 Å². The fourth-order valence-corrected chi connectivity index (χ4v) is 3.04. The molecule has 0 amide bonds. The van der Waals surface area contributed by atoms with Gasteiger partial charge in [-0.05, 0) is 29.5 Å². The molecule has 0 saturated carbocycles. The van der Waals surface area contributed by atoms with Crippen LogP contribution in [0.4, 0.5) is 8.78 Å². The van der Waals surface area contributed by atoms with Gasteiger partial charge >= 0.3 is 0 Å². The lowest BCUT2D eigenvalue weighted by Gasteiger charge is -2.21. The molecule has 1 aromatic carbocycles. The zero-order valence-electron chi connectivity index (χ0n) is 12.7. The number of rotatable bonds is 5. The van der Waals surface area contributed by atoms with Crippen LogP contribution in [0.1, 0.15) is 31.9 Å². The maximum atomic E-state index is 13.1. The summed E-state index contributed by atoms with van der Waals surface area (Å²) < 4.78 is 52.6. The summed E-state index contributed by atoms with van der Waals surface area (Å²) in [7, 11) is -4.00. The zero-order valence-corrected chi connectivity index (χ0v) is 13.5. The molecule has 0 radical (unpaired) electrons. The van der Waals surface area contributed by atoms with Crippen molar-refractivity contribution >= 4 is 10.0 Å². The molecule has 0 bridgehead atoms. The van der Waals surface area contributed by atoms with Crippen molar-refractivity contribution in [2.75, 3.05) is 13.1 Å². The van der Waals surface area contributed by atoms with Gasteiger partial charge in [0.15, 0.2) is 0 Å². The average Bonchev–Trinajstić information content (AvgIpc) is 2.35. The molecule has 0 atom stereocenters. The third kappa shape index (κ3) is 4.72. The number of hydrogen-bond donors (Lipinski definition) is 2. The minimum absolute atomic E-state index is 0.0164. The van der Waals surface area contributed by atoms with Crippen LogP contribution in [0, 0.1) is 6.92 Å². The van der Waals surface area contributed by atoms with Gasteiger partial charge in [-0.25, -0.2) is 21.9 Å². The van der Waals surface area contributed by atoms with E-state index in [1.54, 1.807) is 13.0 Å². The average molecular weight is 320 g/mol. The Morgan fingerprint density at radius 3 is 2.29 bits per heavy atom. The van der Waals surface area contributed by atoms with Crippen LogP contribution in [0.15, 0.2) is 23.1 Å². The van der Waals surface area contributed by atoms with Crippen LogP contribution in [-0.4, -0.2) is 27.4 Å². The first-order valence-electron chi connectivity index (χ1n) is 6.58. The van der Waals surface area contributed by atoms with Gasteiger partial charge in [-0.2, -0.15) is 0 Å². The van der Waals surface area contributed by atoms with Gasteiger partial charge in [-0.15, -0.1) is 0 Å². The zero-order chi connectivity index (χ0) is 16.5. The molecule has 0 aliphatic carbocycles. The molecule has 0 saturated heterocycles. The normalized spacial score (nSPS) is 13.5. The molecule has 7 heteroatoms. The summed E-state index contributed by atoms with van der Waals surface area (Å²) in [4.78, 5) is 0.0164. The molecular formula is C14H22F2N2O2S. The lowest BCUT2D eigenvalue weighted by molar-refractivity contribution is 0.0170. The minimum atomic E-state index is -4.00. The first-order chi connectivity index (χ1) is 9.39. The molecule has 0 heterocycles. The number of nitrogens with two attached hydrogens (primary N) is 1. The quantitative estimate of drug-likeness (QED) is 0.873. The summed E-state index contributed by atoms with van der Waals surface area (Å²) in [6.07, 6.45) is 0. The van der Waals surface area contributed by atoms with E-state index >= 15 is 0 Å². The van der Waals surface area contributed by atoms with Gasteiger partial charge in [0.2, 0.25) is 10.0 Å². The molecule has 3 N–H and O–H groups in total. The third-order valence-corrected chi connectivity index (χ3v) is 4.71. The van der Waals surface area contributed by atoms with Crippen LogP contribution in [0.5, 0.6) is 0 Å². The molecular weight excluding hydrogens is 298 g/mol. The molecule has 0 fully saturated rings. The Balaban J connectivity index is 3.14. The molecule has 0 aliphatic rings. The third-order valence-electron chi connectivity index (χ3n) is 3.16. The maximum Gasteiger partial charge on any atom is 0.273 e. The predicted octanol–water partition coefficient (Wildman–Crippen LogP) is 2.16. The summed E-state index contributed by atoms with van der Waals surface area (Å²) in [6, 6.07) is 5.04. The second kappa shape index (κ2) is 5.98. The van der Waals surface area contributed by atoms with Crippen molar-refractivity contribution in [1.82, 2.24) is 4.72 Å². The van der Waals surface area contributed by atoms with Crippen LogP contribution >= 0.6 is 0 Å². The summed E-state index contributed by atoms with van der Waals surface area (Å²) in [5.74, 6) is -3.26. The Kier molecular flexibility index (Phi) is 5.13. The lowest BCUT2D eigenvalue weighted by Crippen LogP contribution is -2.41. The number of benzene rings is 1. The van der Waals surface area contributed by atoms with Gasteiger partial charge in [0.1, 0.15) is 0 Å². The molecule has 0 spiro atoms. The van der Waals surface area contributed by atoms with Gasteiger partial charge in [-0.1, -0.05) is 32.9 Å². The van der Waals surface area contributed by atoms with E-state index < -0.39 is 29.0 Å². The Labute approximate surface area is 124 Å². The van der Waals surface area contributed by atoms with Crippen molar-refractivity contribution in [1.29, 1.82) is 0 Å². The van der Waals surface area contributed by atoms with E-state index in [-0.39, 0.29) is 10.3 Å². The largest absolute Gasteiger partial charge is 0.325 e. The van der Waals surface area contributed by atoms with Gasteiger partial charge in [-0.3, -0.25) is 0 Å². The SMILES string of the molecule is Cc1ccc(C(C)(C)C)cc1S(=O)(=O)NCC(F)(F)CN. The van der Waals surface area contributed by atoms with E-state index in [0.717, 1.165) is 5.56 Å². The molecule has 120 valence electrons. The summed E-state index contributed by atoms with van der Waals surface area (Å²) in [5.41, 5.74) is 5.99. The van der Waals surface area contributed by atoms with Crippen LogP contribution < -0.4 is 10.5 Å². The molecule has 1 rings (SSSR count). The molecule has 1 aromatic rings. The summed E-state index contributed by atoms with van der Waals surface area (Å²) in [6.45, 7) is 5.56. The Morgan fingerprint density at radius 2 is 1.81 bits per heavy atom. The highest BCUT2D eigenvalue weighted by Gasteiger charge is 2.30. The van der Waals surface area contributed by atoms with Crippen molar-refractivity contribution in [3.63, 3.8) is 0 Å². The standard InChI is InChI=1S/C14H22F2N2O2S/c1-10-5-6-11(13(2,3)4)7-12(10)21(19,20)18-9-14(15,16)8-17/h5-7,18H,8-9,17H2,1-4H3. The lowest BCUT2D eigenvalue weighted by atomic mass is 9.87. The van der Waals surface area contributed by atoms with E-state index in [1.807, 2.05) is 31.6 Å². The fraction of sp³-hybridized carbons (Fsp3) is 0.571. The van der Waals surface area contributed by atoms with E-state index in [1.165, 1.54) is 6.07 Å². The molecule has 0 aromatic heterocycles. The first kappa shape index (κ1) is 18.0. The van der Waals surface area contributed by atoms with Crippen LogP contribution in [0.3, 0.4) is 0 Å². The second-order valence-electron chi connectivity index (χ2n) is 6.11. The maximum absolute atomic E-state index is 13.1. The Morgan fingerprint density at radius 1 is 1.24 bits per heavy atom. The molecule has 4 nitrogen and oxygen atoms in total. The fourth-order valence-electron chi connectivity index (χ4n) is 1.71. The van der Waals surface area contributed by atoms with E-state index in [2.05, 4.69) is 0 Å². The number of hydrogen-bond acceptors (Lipinski definition) is 3. The van der Waals surface area contributed by atoms with E-state index in [0.29, 0.717) is 5.56 Å². The number of sulfonamides is 1. The van der Waals surface area contributed by atoms with Gasteiger partial charge in [0.25, 0.3) is 5.92 Å². The highest BCUT2D eigenvalue weighted by atomic mass is 32.2. The first-order valence-corrected chi connectivity index (χ1v) is 8.06. The second-order valence-corrected chi connectivity index (χ2v) is 7.85. The van der Waals surface area contributed by atoms with Gasteiger partial charge in [0.05, 0.1) is 18.0 Å². The highest BCUT2D eigenvalue weighted by molar-refractivity contribution is 7.89. The topological polar surface area (TPSA) is 72.2 Å². The van der Waals surface area contributed by atoms with Crippen LogP contribution in [0.25, 0.3) is 0 Å². The predicted molar refractivity (Wildman–Crippen MR) is 79.1 cm³/mol. The number of aryl methyl sites for hydroxylation is 1. The highest BCUT2D eigenvalue weighted by Crippen LogP contribution is 2.26. The van der Waals surface area contributed by atoms with Gasteiger partial charge < -0.3 is 5.73 Å². The number of nitrogens with one attached hydrogen (secondary N) is 1. The van der Waals surface area contributed by atoms with Crippen molar-refractivity contribution in [3.8, 4) is 0 Å². The summed E-state index contributed by atoms with van der Waals surface area (Å²) >= 11 is 0. The minimum Gasteiger partial charge on any atom is -0.325 e. The van der Waals surface area contributed by atoms with Crippen LogP contribution in [-0.2, 0) is 15.4 Å². The van der Waals surface area contributed by atoms with Crippen molar-refractivity contribution in [3.05, 3.63) is 29.3 Å². The Hall–Kier alpha value is -1.05. The van der Waals surface area contributed by atoms with Crippen LogP contribution in [0.2, 0.25) is 0 Å². The van der Waals surface area contributed by atoms with E-state index in [4.69, 9.17) is 5.73 Å². The van der Waals surface area contributed by atoms with Crippen molar-refractivity contribution in [2.24, 2.45) is 5.73 Å². The summed E-state index contributed by atoms with van der Waals surface area (Å²) in [5, 5.41) is 0. The molecule has 0 aliphatic heterocycles. The Bertz CT molecular complexity index is 608. The number of halogens is 2. The van der Waals surface area contributed by atoms with Crippen molar-refractivity contribution < 1.29 is 17.2 Å². The van der Waals surface area contributed by atoms with Crippen molar-refractivity contribution in [2.45, 2.75) is 43.9 Å².